The van der Waals surface area contributed by atoms with Crippen LogP contribution in [0.4, 0.5) is 0 Å². The van der Waals surface area contributed by atoms with Gasteiger partial charge in [-0.15, -0.1) is 6.42 Å². The van der Waals surface area contributed by atoms with Crippen LogP contribution in [0.3, 0.4) is 0 Å². The molecule has 1 rings (SSSR count). The third-order valence-electron chi connectivity index (χ3n) is 1.51. The molecule has 1 saturated heterocycles. The van der Waals surface area contributed by atoms with Crippen molar-refractivity contribution in [2.75, 3.05) is 6.54 Å². The Hall–Kier alpha value is -0.480. The monoisotopic (exact) mass is 109 g/mol. The molecule has 0 spiro atoms. The van der Waals surface area contributed by atoms with Crippen LogP contribution in [-0.4, -0.2) is 12.6 Å². The molecule has 1 aliphatic rings. The Bertz CT molecular complexity index is 95.4. The van der Waals surface area contributed by atoms with Crippen molar-refractivity contribution in [2.24, 2.45) is 0 Å². The molecule has 1 aliphatic heterocycles. The highest BCUT2D eigenvalue weighted by Crippen LogP contribution is 2.04. The van der Waals surface area contributed by atoms with Gasteiger partial charge in [-0.1, -0.05) is 5.92 Å². The van der Waals surface area contributed by atoms with Gasteiger partial charge in [0.25, 0.3) is 0 Å². The quantitative estimate of drug-likeness (QED) is 0.453. The van der Waals surface area contributed by atoms with Crippen molar-refractivity contribution < 1.29 is 0 Å². The molecular formula is C7H11N. The van der Waals surface area contributed by atoms with E-state index in [0.717, 1.165) is 13.0 Å². The summed E-state index contributed by atoms with van der Waals surface area (Å²) < 4.78 is 0. The topological polar surface area (TPSA) is 12.0 Å². The van der Waals surface area contributed by atoms with Crippen LogP contribution in [0.2, 0.25) is 0 Å². The van der Waals surface area contributed by atoms with Crippen LogP contribution in [0.15, 0.2) is 0 Å². The molecular weight excluding hydrogens is 98.1 g/mol. The molecule has 0 aliphatic carbocycles. The van der Waals surface area contributed by atoms with Crippen LogP contribution in [0.1, 0.15) is 19.3 Å². The highest BCUT2D eigenvalue weighted by Gasteiger charge is 2.07. The molecule has 1 fully saturated rings. The minimum absolute atomic E-state index is 0.365. The van der Waals surface area contributed by atoms with Crippen LogP contribution in [0.25, 0.3) is 0 Å². The Morgan fingerprint density at radius 2 is 2.38 bits per heavy atom. The third-order valence-corrected chi connectivity index (χ3v) is 1.51. The van der Waals surface area contributed by atoms with Gasteiger partial charge in [-0.2, -0.15) is 0 Å². The van der Waals surface area contributed by atoms with E-state index in [2.05, 4.69) is 11.2 Å². The highest BCUT2D eigenvalue weighted by atomic mass is 14.9. The van der Waals surface area contributed by atoms with Gasteiger partial charge < -0.3 is 5.32 Å². The number of hydrogen-bond donors (Lipinski definition) is 1. The van der Waals surface area contributed by atoms with Gasteiger partial charge in [-0.3, -0.25) is 0 Å². The highest BCUT2D eigenvalue weighted by molar-refractivity contribution is 4.99. The summed E-state index contributed by atoms with van der Waals surface area (Å²) >= 11 is 0. The van der Waals surface area contributed by atoms with Crippen molar-refractivity contribution in [3.8, 4) is 12.3 Å². The molecule has 0 aromatic rings. The van der Waals surface area contributed by atoms with E-state index >= 15 is 0 Å². The zero-order valence-electron chi connectivity index (χ0n) is 4.98. The van der Waals surface area contributed by atoms with Crippen LogP contribution < -0.4 is 5.32 Å². The lowest BCUT2D eigenvalue weighted by molar-refractivity contribution is 0.464. The predicted molar refractivity (Wildman–Crippen MR) is 34.5 cm³/mol. The van der Waals surface area contributed by atoms with Crippen molar-refractivity contribution >= 4 is 0 Å². The Balaban J connectivity index is 2.25. The fraction of sp³-hybridized carbons (Fsp3) is 0.714. The summed E-state index contributed by atoms with van der Waals surface area (Å²) in [5, 5.41) is 3.23. The Kier molecular flexibility index (Phi) is 1.93. The predicted octanol–water partition coefficient (Wildman–Crippen LogP) is 0.762. The summed E-state index contributed by atoms with van der Waals surface area (Å²) in [6, 6.07) is 0.365. The maximum absolute atomic E-state index is 5.19. The van der Waals surface area contributed by atoms with E-state index in [-0.39, 0.29) is 0 Å². The molecule has 0 bridgehead atoms. The van der Waals surface area contributed by atoms with E-state index in [1.165, 1.54) is 12.8 Å². The van der Waals surface area contributed by atoms with Crippen LogP contribution in [0.5, 0.6) is 0 Å². The first-order valence-corrected chi connectivity index (χ1v) is 3.13. The van der Waals surface area contributed by atoms with Gasteiger partial charge in [-0.25, -0.2) is 0 Å². The van der Waals surface area contributed by atoms with Crippen molar-refractivity contribution in [1.29, 1.82) is 0 Å². The molecule has 1 nitrogen and oxygen atoms in total. The summed E-state index contributed by atoms with van der Waals surface area (Å²) in [6.45, 7) is 1.11. The van der Waals surface area contributed by atoms with Crippen molar-refractivity contribution in [3.05, 3.63) is 0 Å². The average Bonchev–Trinajstić information content (AvgIpc) is 1.90. The Labute approximate surface area is 50.5 Å². The second kappa shape index (κ2) is 2.74. The van der Waals surface area contributed by atoms with E-state index < -0.39 is 0 Å². The fourth-order valence-corrected chi connectivity index (χ4v) is 0.994. The second-order valence-corrected chi connectivity index (χ2v) is 2.17. The first kappa shape index (κ1) is 5.65. The molecule has 1 heteroatoms. The lowest BCUT2D eigenvalue weighted by atomic mass is 10.1. The van der Waals surface area contributed by atoms with Gasteiger partial charge >= 0.3 is 0 Å². The van der Waals surface area contributed by atoms with Gasteiger partial charge in [0.2, 0.25) is 0 Å². The van der Waals surface area contributed by atoms with E-state index in [9.17, 15) is 0 Å². The van der Waals surface area contributed by atoms with E-state index in [1.54, 1.807) is 0 Å². The number of hydrogen-bond acceptors (Lipinski definition) is 1. The van der Waals surface area contributed by atoms with Crippen molar-refractivity contribution in [3.63, 3.8) is 0 Å². The number of terminal acetylenes is 1. The maximum atomic E-state index is 5.19. The maximum Gasteiger partial charge on any atom is 0.0686 e. The molecule has 0 saturated carbocycles. The molecule has 44 valence electrons. The van der Waals surface area contributed by atoms with Crippen LogP contribution in [0, 0.1) is 12.3 Å². The molecule has 8 heavy (non-hydrogen) atoms. The molecule has 0 aromatic heterocycles. The lowest BCUT2D eigenvalue weighted by Gasteiger charge is -2.17. The largest absolute Gasteiger partial charge is 0.304 e. The van der Waals surface area contributed by atoms with Crippen molar-refractivity contribution in [1.82, 2.24) is 5.32 Å². The Morgan fingerprint density at radius 1 is 1.50 bits per heavy atom. The second-order valence-electron chi connectivity index (χ2n) is 2.17. The summed E-state index contributed by atoms with van der Waals surface area (Å²) in [5.41, 5.74) is 0. The van der Waals surface area contributed by atoms with Gasteiger partial charge in [0.05, 0.1) is 6.04 Å². The minimum Gasteiger partial charge on any atom is -0.304 e. The standard InChI is InChI=1S/C7H11N/c1-2-7-5-3-4-6-8-7/h1,7-8H,3-6H2. The van der Waals surface area contributed by atoms with Crippen LogP contribution >= 0.6 is 0 Å². The number of piperidine rings is 1. The van der Waals surface area contributed by atoms with Crippen molar-refractivity contribution in [2.45, 2.75) is 25.3 Å². The molecule has 1 N–H and O–H groups in total. The van der Waals surface area contributed by atoms with Gasteiger partial charge in [0, 0.05) is 0 Å². The third kappa shape index (κ3) is 1.24. The first-order chi connectivity index (χ1) is 3.93. The minimum atomic E-state index is 0.365. The van der Waals surface area contributed by atoms with E-state index in [0.29, 0.717) is 6.04 Å². The molecule has 0 amide bonds. The normalized spacial score (nSPS) is 29.1. The molecule has 1 atom stereocenters. The SMILES string of the molecule is C#CC1CCCCN1. The Morgan fingerprint density at radius 3 is 2.75 bits per heavy atom. The molecule has 1 unspecified atom stereocenters. The summed E-state index contributed by atoms with van der Waals surface area (Å²) in [7, 11) is 0. The molecule has 1 heterocycles. The lowest BCUT2D eigenvalue weighted by Crippen LogP contribution is -2.32. The van der Waals surface area contributed by atoms with Gasteiger partial charge in [0.1, 0.15) is 0 Å². The summed E-state index contributed by atoms with van der Waals surface area (Å²) in [4.78, 5) is 0. The summed E-state index contributed by atoms with van der Waals surface area (Å²) in [6.07, 6.45) is 8.94. The molecule has 0 aromatic carbocycles. The van der Waals surface area contributed by atoms with E-state index in [1.807, 2.05) is 0 Å². The zero-order chi connectivity index (χ0) is 5.82. The number of nitrogens with one attached hydrogen (secondary N) is 1. The first-order valence-electron chi connectivity index (χ1n) is 3.13. The average molecular weight is 109 g/mol. The zero-order valence-corrected chi connectivity index (χ0v) is 4.98. The van der Waals surface area contributed by atoms with Gasteiger partial charge in [-0.05, 0) is 25.8 Å². The number of rotatable bonds is 0. The van der Waals surface area contributed by atoms with E-state index in [4.69, 9.17) is 6.42 Å². The summed E-state index contributed by atoms with van der Waals surface area (Å²) in [5.74, 6) is 2.69. The smallest absolute Gasteiger partial charge is 0.0686 e. The molecule has 0 radical (unpaired) electrons. The van der Waals surface area contributed by atoms with Gasteiger partial charge in [0.15, 0.2) is 0 Å². The van der Waals surface area contributed by atoms with Crippen LogP contribution in [-0.2, 0) is 0 Å². The fourth-order valence-electron chi connectivity index (χ4n) is 0.994.